The van der Waals surface area contributed by atoms with E-state index >= 15 is 4.48 Å². The summed E-state index contributed by atoms with van der Waals surface area (Å²) in [6.45, 7) is 8.94. The largest absolute Gasteiger partial charge is 0.444 e. The molecular formula is C26H35F2N7O3. The number of ether oxygens (including phenoxy) is 1. The molecule has 0 radical (unpaired) electrons. The molecule has 12 heteroatoms. The molecule has 0 bridgehead atoms. The number of carbonyl (C=O) groups is 1. The first-order valence-corrected chi connectivity index (χ1v) is 12.8. The van der Waals surface area contributed by atoms with Gasteiger partial charge < -0.3 is 9.64 Å². The number of likely N-dealkylation sites (tertiary alicyclic amines) is 1. The van der Waals surface area contributed by atoms with Crippen molar-refractivity contribution in [3.63, 3.8) is 0 Å². The van der Waals surface area contributed by atoms with Crippen molar-refractivity contribution in [2.24, 2.45) is 4.99 Å². The van der Waals surface area contributed by atoms with Crippen LogP contribution >= 0.6 is 0 Å². The third kappa shape index (κ3) is 5.95. The lowest BCUT2D eigenvalue weighted by Crippen LogP contribution is -2.51. The summed E-state index contributed by atoms with van der Waals surface area (Å²) in [7, 11) is 1.72. The summed E-state index contributed by atoms with van der Waals surface area (Å²) in [4.78, 5) is 32.7. The van der Waals surface area contributed by atoms with E-state index in [2.05, 4.69) is 10.1 Å². The van der Waals surface area contributed by atoms with Gasteiger partial charge in [0, 0.05) is 50.7 Å². The first kappa shape index (κ1) is 27.5. The van der Waals surface area contributed by atoms with E-state index in [1.807, 2.05) is 32.6 Å². The Hall–Kier alpha value is -3.54. The minimum atomic E-state index is -0.835. The molecule has 2 aliphatic heterocycles. The van der Waals surface area contributed by atoms with Crippen LogP contribution in [0.2, 0.25) is 0 Å². The van der Waals surface area contributed by atoms with Crippen molar-refractivity contribution >= 4 is 17.9 Å². The Balaban J connectivity index is 1.39. The van der Waals surface area contributed by atoms with E-state index in [4.69, 9.17) is 4.74 Å². The first-order valence-electron chi connectivity index (χ1n) is 12.8. The van der Waals surface area contributed by atoms with Crippen LogP contribution in [0.15, 0.2) is 40.5 Å². The highest BCUT2D eigenvalue weighted by Crippen LogP contribution is 2.27. The lowest BCUT2D eigenvalue weighted by molar-refractivity contribution is -0.0596. The van der Waals surface area contributed by atoms with E-state index in [1.165, 1.54) is 35.6 Å². The van der Waals surface area contributed by atoms with Crippen LogP contribution in [0.1, 0.15) is 52.5 Å². The van der Waals surface area contributed by atoms with Crippen molar-refractivity contribution in [3.8, 4) is 5.69 Å². The van der Waals surface area contributed by atoms with Crippen LogP contribution in [0, 0.1) is 5.82 Å². The van der Waals surface area contributed by atoms with E-state index in [0.717, 1.165) is 11.0 Å². The number of carbonyl (C=O) groups excluding carboxylic acids is 1. The van der Waals surface area contributed by atoms with Crippen LogP contribution in [0.3, 0.4) is 0 Å². The molecule has 1 amide bonds. The Morgan fingerprint density at radius 3 is 2.55 bits per heavy atom. The first-order chi connectivity index (χ1) is 18.0. The molecule has 2 aromatic rings. The Kier molecular flexibility index (Phi) is 8.00. The third-order valence-electron chi connectivity index (χ3n) is 6.59. The summed E-state index contributed by atoms with van der Waals surface area (Å²) in [6, 6.07) is 4.34. The molecule has 0 aliphatic carbocycles. The Morgan fingerprint density at radius 2 is 1.95 bits per heavy atom. The maximum absolute atomic E-state index is 15.1. The summed E-state index contributed by atoms with van der Waals surface area (Å²) >= 11 is 0. The smallest absolute Gasteiger partial charge is 0.410 e. The van der Waals surface area contributed by atoms with Crippen LogP contribution in [0.25, 0.3) is 11.3 Å². The number of aromatic nitrogens is 3. The van der Waals surface area contributed by atoms with E-state index in [1.54, 1.807) is 18.0 Å². The molecule has 0 saturated carbocycles. The topological polar surface area (TPSA) is 88.2 Å². The third-order valence-corrected chi connectivity index (χ3v) is 6.59. The van der Waals surface area contributed by atoms with Gasteiger partial charge in [-0.15, -0.1) is 0 Å². The molecule has 1 fully saturated rings. The van der Waals surface area contributed by atoms with Gasteiger partial charge in [0.05, 0.1) is 5.69 Å². The van der Waals surface area contributed by atoms with Gasteiger partial charge in [-0.25, -0.2) is 23.2 Å². The molecule has 1 aromatic carbocycles. The lowest BCUT2D eigenvalue weighted by atomic mass is 10.0. The van der Waals surface area contributed by atoms with E-state index in [9.17, 15) is 14.0 Å². The summed E-state index contributed by atoms with van der Waals surface area (Å²) in [5.74, 6) is -0.626. The standard InChI is InChI=1S/C26H35F2N7O3/c1-6-11-35-24(36)33(17-30-35)22-8-7-18(14-21(22)27)19-15-29-23(34(28)16-19)32-12-9-20(10-13-32)31(5)25(37)38-26(2,3)4/h7-8,14-17,20,23H,6,9-13H2,1-5H3. The van der Waals surface area contributed by atoms with Gasteiger partial charge >= 0.3 is 11.8 Å². The second-order valence-electron chi connectivity index (χ2n) is 10.6. The molecule has 4 rings (SSSR count). The number of nitrogens with zero attached hydrogens (tertiary/aromatic N) is 7. The monoisotopic (exact) mass is 531 g/mol. The van der Waals surface area contributed by atoms with Crippen LogP contribution in [-0.2, 0) is 11.3 Å². The molecule has 1 aromatic heterocycles. The molecule has 1 unspecified atom stereocenters. The van der Waals surface area contributed by atoms with E-state index < -0.39 is 23.4 Å². The average molecular weight is 532 g/mol. The van der Waals surface area contributed by atoms with Crippen molar-refractivity contribution in [1.82, 2.24) is 29.3 Å². The van der Waals surface area contributed by atoms with E-state index in [0.29, 0.717) is 48.7 Å². The minimum Gasteiger partial charge on any atom is -0.444 e. The Bertz CT molecular complexity index is 1270. The number of rotatable bonds is 6. The summed E-state index contributed by atoms with van der Waals surface area (Å²) in [5, 5.41) is 4.53. The average Bonchev–Trinajstić information content (AvgIpc) is 3.22. The molecule has 38 heavy (non-hydrogen) atoms. The SMILES string of the molecule is CCCn1ncn(-c2ccc(C3=CN(F)C(N4CCC(N(C)C(=O)OC(C)(C)C)CC4)N=C3)cc2F)c1=O. The highest BCUT2D eigenvalue weighted by atomic mass is 19.2. The van der Waals surface area contributed by atoms with Crippen molar-refractivity contribution in [1.29, 1.82) is 0 Å². The van der Waals surface area contributed by atoms with Gasteiger partial charge in [0.2, 0.25) is 6.29 Å². The fourth-order valence-electron chi connectivity index (χ4n) is 4.58. The highest BCUT2D eigenvalue weighted by Gasteiger charge is 2.33. The van der Waals surface area contributed by atoms with Gasteiger partial charge in [0.15, 0.2) is 0 Å². The number of allylic oxidation sites excluding steroid dienone is 1. The molecule has 10 nitrogen and oxygen atoms in total. The molecule has 0 N–H and O–H groups in total. The molecule has 3 heterocycles. The highest BCUT2D eigenvalue weighted by molar-refractivity contribution is 6.10. The fraction of sp³-hybridized carbons (Fsp3) is 0.538. The zero-order valence-corrected chi connectivity index (χ0v) is 22.5. The predicted molar refractivity (Wildman–Crippen MR) is 140 cm³/mol. The lowest BCUT2D eigenvalue weighted by Gasteiger charge is -2.40. The maximum Gasteiger partial charge on any atom is 0.410 e. The number of hydrogen-bond donors (Lipinski definition) is 0. The summed E-state index contributed by atoms with van der Waals surface area (Å²) < 4.78 is 37.9. The van der Waals surface area contributed by atoms with Crippen molar-refractivity contribution < 1.29 is 18.4 Å². The second-order valence-corrected chi connectivity index (χ2v) is 10.6. The van der Waals surface area contributed by atoms with Gasteiger partial charge in [-0.1, -0.05) is 17.5 Å². The van der Waals surface area contributed by atoms with Crippen molar-refractivity contribution in [2.45, 2.75) is 71.4 Å². The molecular weight excluding hydrogens is 496 g/mol. The molecule has 206 valence electrons. The number of amides is 1. The quantitative estimate of drug-likeness (QED) is 0.527. The zero-order chi connectivity index (χ0) is 27.6. The van der Waals surface area contributed by atoms with Crippen molar-refractivity contribution in [3.05, 3.63) is 52.6 Å². The fourth-order valence-corrected chi connectivity index (χ4v) is 4.58. The van der Waals surface area contributed by atoms with E-state index in [-0.39, 0.29) is 17.8 Å². The number of halogens is 2. The van der Waals surface area contributed by atoms with Crippen molar-refractivity contribution in [2.75, 3.05) is 20.1 Å². The van der Waals surface area contributed by atoms with Gasteiger partial charge in [0.25, 0.3) is 0 Å². The Labute approximate surface area is 220 Å². The normalized spacial score (nSPS) is 19.0. The number of aryl methyl sites for hydroxylation is 1. The minimum absolute atomic E-state index is 0.00379. The molecule has 2 aliphatic rings. The van der Waals surface area contributed by atoms with Gasteiger partial charge in [0.1, 0.15) is 17.7 Å². The summed E-state index contributed by atoms with van der Waals surface area (Å²) in [5.41, 5.74) is -0.0781. The number of aliphatic imine (C=N–C) groups is 1. The molecule has 0 spiro atoms. The van der Waals surface area contributed by atoms with Crippen LogP contribution in [0.5, 0.6) is 0 Å². The molecule has 1 atom stereocenters. The van der Waals surface area contributed by atoms with Crippen LogP contribution in [0.4, 0.5) is 13.7 Å². The number of benzene rings is 1. The Morgan fingerprint density at radius 1 is 1.24 bits per heavy atom. The van der Waals surface area contributed by atoms with Crippen LogP contribution in [-0.4, -0.2) is 79.6 Å². The van der Waals surface area contributed by atoms with Gasteiger partial charge in [-0.05, 0) is 57.7 Å². The van der Waals surface area contributed by atoms with Gasteiger partial charge in [-0.2, -0.15) is 10.2 Å². The van der Waals surface area contributed by atoms with Crippen LogP contribution < -0.4 is 5.69 Å². The summed E-state index contributed by atoms with van der Waals surface area (Å²) in [6.07, 6.45) is 4.95. The zero-order valence-electron chi connectivity index (χ0n) is 22.5. The maximum atomic E-state index is 15.1. The predicted octanol–water partition coefficient (Wildman–Crippen LogP) is 3.81. The number of hydrogen-bond acceptors (Lipinski definition) is 7. The van der Waals surface area contributed by atoms with Gasteiger partial charge in [-0.3, -0.25) is 9.89 Å². The molecule has 1 saturated heterocycles. The second kappa shape index (κ2) is 11.1. The number of piperidine rings is 1.